The van der Waals surface area contributed by atoms with Crippen molar-refractivity contribution in [3.63, 3.8) is 0 Å². The molecule has 1 heterocycles. The third kappa shape index (κ3) is 1.95. The van der Waals surface area contributed by atoms with Crippen molar-refractivity contribution < 1.29 is 4.42 Å². The second kappa shape index (κ2) is 3.84. The van der Waals surface area contributed by atoms with Gasteiger partial charge in [-0.15, -0.1) is 0 Å². The highest BCUT2D eigenvalue weighted by atomic mass is 16.3. The van der Waals surface area contributed by atoms with E-state index in [4.69, 9.17) is 10.2 Å². The molecule has 1 saturated carbocycles. The molecule has 2 N–H and O–H groups in total. The van der Waals surface area contributed by atoms with Gasteiger partial charge in [-0.05, 0) is 31.4 Å². The standard InChI is InChI=1S/C14H18N2O/c1-10-5-4-6-11-13(10)17-12(16-11)9-14(15)7-2-3-8-14/h4-6H,2-3,7-9,15H2,1H3. The highest BCUT2D eigenvalue weighted by Crippen LogP contribution is 2.31. The van der Waals surface area contributed by atoms with Gasteiger partial charge in [0.1, 0.15) is 5.52 Å². The molecular formula is C14H18N2O. The van der Waals surface area contributed by atoms with Crippen LogP contribution in [0.1, 0.15) is 37.1 Å². The molecule has 3 nitrogen and oxygen atoms in total. The molecule has 0 amide bonds. The Balaban J connectivity index is 1.93. The third-order valence-electron chi connectivity index (χ3n) is 3.76. The van der Waals surface area contributed by atoms with Gasteiger partial charge in [-0.3, -0.25) is 0 Å². The van der Waals surface area contributed by atoms with E-state index in [-0.39, 0.29) is 5.54 Å². The summed E-state index contributed by atoms with van der Waals surface area (Å²) in [6, 6.07) is 6.05. The van der Waals surface area contributed by atoms with Gasteiger partial charge in [0, 0.05) is 12.0 Å². The van der Waals surface area contributed by atoms with Gasteiger partial charge in [-0.25, -0.2) is 4.98 Å². The van der Waals surface area contributed by atoms with Crippen molar-refractivity contribution in [2.75, 3.05) is 0 Å². The van der Waals surface area contributed by atoms with Gasteiger partial charge in [-0.2, -0.15) is 0 Å². The fourth-order valence-corrected chi connectivity index (χ4v) is 2.77. The highest BCUT2D eigenvalue weighted by molar-refractivity contribution is 5.75. The highest BCUT2D eigenvalue weighted by Gasteiger charge is 2.31. The van der Waals surface area contributed by atoms with Crippen molar-refractivity contribution in [3.05, 3.63) is 29.7 Å². The van der Waals surface area contributed by atoms with E-state index in [1.807, 2.05) is 25.1 Å². The predicted octanol–water partition coefficient (Wildman–Crippen LogP) is 2.95. The summed E-state index contributed by atoms with van der Waals surface area (Å²) < 4.78 is 5.83. The molecule has 0 spiro atoms. The van der Waals surface area contributed by atoms with Crippen LogP contribution in [-0.2, 0) is 6.42 Å². The summed E-state index contributed by atoms with van der Waals surface area (Å²) in [5.74, 6) is 0.790. The van der Waals surface area contributed by atoms with Crippen LogP contribution in [-0.4, -0.2) is 10.5 Å². The Bertz CT molecular complexity index is 538. The van der Waals surface area contributed by atoms with Crippen LogP contribution in [0.15, 0.2) is 22.6 Å². The van der Waals surface area contributed by atoms with Crippen molar-refractivity contribution in [2.24, 2.45) is 5.73 Å². The summed E-state index contributed by atoms with van der Waals surface area (Å²) in [6.45, 7) is 2.05. The zero-order valence-corrected chi connectivity index (χ0v) is 10.2. The molecule has 1 aromatic heterocycles. The first-order chi connectivity index (χ1) is 8.16. The topological polar surface area (TPSA) is 52.0 Å². The molecule has 0 aliphatic heterocycles. The van der Waals surface area contributed by atoms with Crippen LogP contribution in [0.2, 0.25) is 0 Å². The molecule has 90 valence electrons. The number of oxazole rings is 1. The minimum absolute atomic E-state index is 0.0885. The molecule has 0 atom stereocenters. The Labute approximate surface area is 101 Å². The molecule has 2 aromatic rings. The number of nitrogens with two attached hydrogens (primary N) is 1. The van der Waals surface area contributed by atoms with Crippen molar-refractivity contribution in [2.45, 2.75) is 44.6 Å². The number of hydrogen-bond donors (Lipinski definition) is 1. The average Bonchev–Trinajstić information content (AvgIpc) is 2.86. The fourth-order valence-electron chi connectivity index (χ4n) is 2.77. The number of aryl methyl sites for hydroxylation is 1. The lowest BCUT2D eigenvalue weighted by Gasteiger charge is -2.20. The summed E-state index contributed by atoms with van der Waals surface area (Å²) in [7, 11) is 0. The number of para-hydroxylation sites is 1. The number of rotatable bonds is 2. The van der Waals surface area contributed by atoms with Crippen LogP contribution in [0.3, 0.4) is 0 Å². The van der Waals surface area contributed by atoms with E-state index in [1.165, 1.54) is 12.8 Å². The van der Waals surface area contributed by atoms with Crippen molar-refractivity contribution >= 4 is 11.1 Å². The SMILES string of the molecule is Cc1cccc2nc(CC3(N)CCCC3)oc12. The lowest BCUT2D eigenvalue weighted by atomic mass is 9.95. The maximum atomic E-state index is 6.35. The van der Waals surface area contributed by atoms with Gasteiger partial charge in [0.15, 0.2) is 11.5 Å². The molecular weight excluding hydrogens is 212 g/mol. The molecule has 0 radical (unpaired) electrons. The minimum atomic E-state index is -0.0885. The number of hydrogen-bond acceptors (Lipinski definition) is 3. The smallest absolute Gasteiger partial charge is 0.197 e. The van der Waals surface area contributed by atoms with Crippen LogP contribution in [0.4, 0.5) is 0 Å². The van der Waals surface area contributed by atoms with Gasteiger partial charge >= 0.3 is 0 Å². The molecule has 1 fully saturated rings. The summed E-state index contributed by atoms with van der Waals surface area (Å²) in [6.07, 6.45) is 5.40. The predicted molar refractivity (Wildman–Crippen MR) is 67.8 cm³/mol. The van der Waals surface area contributed by atoms with E-state index in [0.717, 1.165) is 41.8 Å². The Morgan fingerprint density at radius 3 is 2.82 bits per heavy atom. The Kier molecular flexibility index (Phi) is 2.44. The molecule has 0 bridgehead atoms. The Morgan fingerprint density at radius 2 is 2.12 bits per heavy atom. The first-order valence-corrected chi connectivity index (χ1v) is 6.30. The summed E-state index contributed by atoms with van der Waals surface area (Å²) >= 11 is 0. The zero-order chi connectivity index (χ0) is 11.9. The third-order valence-corrected chi connectivity index (χ3v) is 3.76. The first-order valence-electron chi connectivity index (χ1n) is 6.30. The molecule has 17 heavy (non-hydrogen) atoms. The van der Waals surface area contributed by atoms with E-state index >= 15 is 0 Å². The molecule has 1 aliphatic carbocycles. The van der Waals surface area contributed by atoms with Gasteiger partial charge in [0.05, 0.1) is 0 Å². The Morgan fingerprint density at radius 1 is 1.35 bits per heavy atom. The van der Waals surface area contributed by atoms with Crippen LogP contribution in [0.25, 0.3) is 11.1 Å². The van der Waals surface area contributed by atoms with E-state index < -0.39 is 0 Å². The molecule has 1 aliphatic rings. The second-order valence-corrected chi connectivity index (χ2v) is 5.28. The normalized spacial score (nSPS) is 18.9. The van der Waals surface area contributed by atoms with Crippen LogP contribution >= 0.6 is 0 Å². The lowest BCUT2D eigenvalue weighted by Crippen LogP contribution is -2.38. The second-order valence-electron chi connectivity index (χ2n) is 5.28. The van der Waals surface area contributed by atoms with E-state index in [0.29, 0.717) is 0 Å². The van der Waals surface area contributed by atoms with Crippen LogP contribution < -0.4 is 5.73 Å². The molecule has 0 unspecified atom stereocenters. The molecule has 3 rings (SSSR count). The quantitative estimate of drug-likeness (QED) is 0.863. The van der Waals surface area contributed by atoms with Gasteiger partial charge in [0.2, 0.25) is 0 Å². The molecule has 1 aromatic carbocycles. The van der Waals surface area contributed by atoms with E-state index in [9.17, 15) is 0 Å². The van der Waals surface area contributed by atoms with Crippen LogP contribution in [0, 0.1) is 6.92 Å². The first kappa shape index (κ1) is 10.8. The number of aromatic nitrogens is 1. The van der Waals surface area contributed by atoms with Gasteiger partial charge in [0.25, 0.3) is 0 Å². The van der Waals surface area contributed by atoms with Crippen molar-refractivity contribution in [1.82, 2.24) is 4.98 Å². The Hall–Kier alpha value is -1.35. The summed E-state index contributed by atoms with van der Waals surface area (Å²) in [5, 5.41) is 0. The zero-order valence-electron chi connectivity index (χ0n) is 10.2. The number of benzene rings is 1. The maximum absolute atomic E-state index is 6.35. The lowest BCUT2D eigenvalue weighted by molar-refractivity contribution is 0.385. The van der Waals surface area contributed by atoms with Crippen LogP contribution in [0.5, 0.6) is 0 Å². The monoisotopic (exact) mass is 230 g/mol. The largest absolute Gasteiger partial charge is 0.440 e. The summed E-state index contributed by atoms with van der Waals surface area (Å²) in [4.78, 5) is 4.54. The maximum Gasteiger partial charge on any atom is 0.197 e. The van der Waals surface area contributed by atoms with Gasteiger partial charge < -0.3 is 10.2 Å². The van der Waals surface area contributed by atoms with Gasteiger partial charge in [-0.1, -0.05) is 25.0 Å². The molecule has 0 saturated heterocycles. The summed E-state index contributed by atoms with van der Waals surface area (Å²) in [5.41, 5.74) is 9.25. The number of fused-ring (bicyclic) bond motifs is 1. The van der Waals surface area contributed by atoms with E-state index in [2.05, 4.69) is 4.98 Å². The minimum Gasteiger partial charge on any atom is -0.440 e. The van der Waals surface area contributed by atoms with E-state index in [1.54, 1.807) is 0 Å². The number of nitrogens with zero attached hydrogens (tertiary/aromatic N) is 1. The van der Waals surface area contributed by atoms with Crippen molar-refractivity contribution in [1.29, 1.82) is 0 Å². The fraction of sp³-hybridized carbons (Fsp3) is 0.500. The average molecular weight is 230 g/mol. The van der Waals surface area contributed by atoms with Crippen molar-refractivity contribution in [3.8, 4) is 0 Å². The molecule has 3 heteroatoms.